The first-order valence-electron chi connectivity index (χ1n) is 6.37. The van der Waals surface area contributed by atoms with Crippen LogP contribution in [-0.4, -0.2) is 18.3 Å². The number of carbonyl (C=O) groups is 1. The Morgan fingerprint density at radius 3 is 2.79 bits per heavy atom. The Labute approximate surface area is 126 Å². The van der Waals surface area contributed by atoms with Crippen molar-refractivity contribution in [3.8, 4) is 0 Å². The molecule has 2 nitrogen and oxygen atoms in total. The molecular weight excluding hydrogens is 333 g/mol. The summed E-state index contributed by atoms with van der Waals surface area (Å²) in [5.41, 5.74) is 0.0734. The number of carbonyl (C=O) groups excluding carboxylic acids is 1. The number of amides is 1. The maximum Gasteiger partial charge on any atom is 0.254 e. The van der Waals surface area contributed by atoms with E-state index in [0.29, 0.717) is 22.8 Å². The Bertz CT molecular complexity index is 422. The molecular formula is C14H18BrClFNO. The molecule has 1 amide bonds. The average molecular weight is 351 g/mol. The molecule has 0 saturated heterocycles. The van der Waals surface area contributed by atoms with Gasteiger partial charge in [-0.1, -0.05) is 29.3 Å². The van der Waals surface area contributed by atoms with Crippen molar-refractivity contribution in [1.82, 2.24) is 5.32 Å². The van der Waals surface area contributed by atoms with Gasteiger partial charge in [0.1, 0.15) is 5.82 Å². The summed E-state index contributed by atoms with van der Waals surface area (Å²) in [7, 11) is 0. The van der Waals surface area contributed by atoms with Crippen LogP contribution in [0.1, 0.15) is 36.5 Å². The average Bonchev–Trinajstić information content (AvgIpc) is 2.36. The van der Waals surface area contributed by atoms with Gasteiger partial charge in [0, 0.05) is 16.9 Å². The molecule has 5 heteroatoms. The number of rotatable bonds is 7. The van der Waals surface area contributed by atoms with Crippen molar-refractivity contribution >= 4 is 33.4 Å². The van der Waals surface area contributed by atoms with Crippen LogP contribution in [0.25, 0.3) is 0 Å². The van der Waals surface area contributed by atoms with Crippen molar-refractivity contribution in [2.75, 3.05) is 12.4 Å². The molecule has 0 radical (unpaired) electrons. The maximum atomic E-state index is 13.6. The van der Waals surface area contributed by atoms with E-state index in [4.69, 9.17) is 11.6 Å². The van der Waals surface area contributed by atoms with Gasteiger partial charge in [0.25, 0.3) is 5.91 Å². The standard InChI is InChI=1S/C14H18BrClFNO/c1-2-3-10(6-7-16)9-18-14(19)12-5-4-11(15)8-13(12)17/h4-5,8,10H,2-3,6-7,9H2,1H3,(H,18,19). The van der Waals surface area contributed by atoms with Gasteiger partial charge in [0.2, 0.25) is 0 Å². The van der Waals surface area contributed by atoms with Gasteiger partial charge in [0.15, 0.2) is 0 Å². The molecule has 0 aliphatic carbocycles. The van der Waals surface area contributed by atoms with E-state index in [1.54, 1.807) is 6.07 Å². The maximum absolute atomic E-state index is 13.6. The van der Waals surface area contributed by atoms with Crippen molar-refractivity contribution in [3.63, 3.8) is 0 Å². The number of alkyl halides is 1. The van der Waals surface area contributed by atoms with Crippen LogP contribution in [0.3, 0.4) is 0 Å². The Balaban J connectivity index is 2.58. The molecule has 1 rings (SSSR count). The molecule has 0 spiro atoms. The molecule has 1 N–H and O–H groups in total. The van der Waals surface area contributed by atoms with Crippen LogP contribution in [0, 0.1) is 11.7 Å². The molecule has 1 atom stereocenters. The molecule has 0 saturated carbocycles. The van der Waals surface area contributed by atoms with Gasteiger partial charge in [-0.25, -0.2) is 4.39 Å². The molecule has 0 aliphatic heterocycles. The summed E-state index contributed by atoms with van der Waals surface area (Å²) in [6.07, 6.45) is 2.92. The Morgan fingerprint density at radius 1 is 1.47 bits per heavy atom. The lowest BCUT2D eigenvalue weighted by molar-refractivity contribution is 0.0942. The second-order valence-corrected chi connectivity index (χ2v) is 5.76. The van der Waals surface area contributed by atoms with E-state index in [-0.39, 0.29) is 11.5 Å². The highest BCUT2D eigenvalue weighted by atomic mass is 79.9. The van der Waals surface area contributed by atoms with Crippen LogP contribution in [0.2, 0.25) is 0 Å². The second kappa shape index (κ2) is 8.54. The van der Waals surface area contributed by atoms with Gasteiger partial charge in [-0.3, -0.25) is 4.79 Å². The first-order chi connectivity index (χ1) is 9.08. The summed E-state index contributed by atoms with van der Waals surface area (Å²) in [5, 5.41) is 2.78. The second-order valence-electron chi connectivity index (χ2n) is 4.47. The Kier molecular flexibility index (Phi) is 7.39. The van der Waals surface area contributed by atoms with Crippen LogP contribution in [-0.2, 0) is 0 Å². The van der Waals surface area contributed by atoms with Gasteiger partial charge < -0.3 is 5.32 Å². The van der Waals surface area contributed by atoms with E-state index in [1.165, 1.54) is 12.1 Å². The molecule has 0 aromatic heterocycles. The van der Waals surface area contributed by atoms with Crippen molar-refractivity contribution in [1.29, 1.82) is 0 Å². The van der Waals surface area contributed by atoms with Crippen LogP contribution >= 0.6 is 27.5 Å². The zero-order valence-electron chi connectivity index (χ0n) is 10.9. The van der Waals surface area contributed by atoms with E-state index in [9.17, 15) is 9.18 Å². The third-order valence-electron chi connectivity index (χ3n) is 2.94. The van der Waals surface area contributed by atoms with Crippen molar-refractivity contribution in [2.45, 2.75) is 26.2 Å². The minimum atomic E-state index is -0.517. The summed E-state index contributed by atoms with van der Waals surface area (Å²) in [5.74, 6) is 0.0367. The van der Waals surface area contributed by atoms with E-state index in [2.05, 4.69) is 28.2 Å². The van der Waals surface area contributed by atoms with Crippen LogP contribution < -0.4 is 5.32 Å². The zero-order chi connectivity index (χ0) is 14.3. The van der Waals surface area contributed by atoms with Gasteiger partial charge in [0.05, 0.1) is 5.56 Å². The van der Waals surface area contributed by atoms with E-state index in [0.717, 1.165) is 19.3 Å². The highest BCUT2D eigenvalue weighted by Gasteiger charge is 2.14. The fourth-order valence-corrected chi connectivity index (χ4v) is 2.56. The van der Waals surface area contributed by atoms with Crippen molar-refractivity contribution < 1.29 is 9.18 Å². The fourth-order valence-electron chi connectivity index (χ4n) is 1.92. The minimum absolute atomic E-state index is 0.0734. The number of halogens is 3. The fraction of sp³-hybridized carbons (Fsp3) is 0.500. The molecule has 106 valence electrons. The highest BCUT2D eigenvalue weighted by molar-refractivity contribution is 9.10. The number of hydrogen-bond donors (Lipinski definition) is 1. The zero-order valence-corrected chi connectivity index (χ0v) is 13.2. The van der Waals surface area contributed by atoms with Gasteiger partial charge in [-0.05, 0) is 37.0 Å². The van der Waals surface area contributed by atoms with Gasteiger partial charge in [-0.15, -0.1) is 11.6 Å². The summed E-state index contributed by atoms with van der Waals surface area (Å²) < 4.78 is 14.2. The van der Waals surface area contributed by atoms with Gasteiger partial charge >= 0.3 is 0 Å². The lowest BCUT2D eigenvalue weighted by atomic mass is 10.0. The highest BCUT2D eigenvalue weighted by Crippen LogP contribution is 2.16. The molecule has 19 heavy (non-hydrogen) atoms. The number of benzene rings is 1. The summed E-state index contributed by atoms with van der Waals surface area (Å²) in [6.45, 7) is 2.63. The molecule has 1 unspecified atom stereocenters. The third kappa shape index (κ3) is 5.49. The first-order valence-corrected chi connectivity index (χ1v) is 7.70. The predicted octanol–water partition coefficient (Wildman–Crippen LogP) is 4.36. The summed E-state index contributed by atoms with van der Waals surface area (Å²) in [6, 6.07) is 4.42. The topological polar surface area (TPSA) is 29.1 Å². The largest absolute Gasteiger partial charge is 0.352 e. The van der Waals surface area contributed by atoms with E-state index < -0.39 is 5.82 Å². The normalized spacial score (nSPS) is 12.2. The predicted molar refractivity (Wildman–Crippen MR) is 80.2 cm³/mol. The minimum Gasteiger partial charge on any atom is -0.352 e. The third-order valence-corrected chi connectivity index (χ3v) is 3.65. The van der Waals surface area contributed by atoms with E-state index in [1.807, 2.05) is 0 Å². The summed E-state index contributed by atoms with van der Waals surface area (Å²) >= 11 is 8.89. The Morgan fingerprint density at radius 2 is 2.21 bits per heavy atom. The smallest absolute Gasteiger partial charge is 0.254 e. The first kappa shape index (κ1) is 16.4. The molecule has 0 aliphatic rings. The van der Waals surface area contributed by atoms with Gasteiger partial charge in [-0.2, -0.15) is 0 Å². The lowest BCUT2D eigenvalue weighted by Crippen LogP contribution is -2.30. The molecule has 0 bridgehead atoms. The molecule has 0 fully saturated rings. The monoisotopic (exact) mass is 349 g/mol. The SMILES string of the molecule is CCCC(CCCl)CNC(=O)c1ccc(Br)cc1F. The molecule has 0 heterocycles. The number of hydrogen-bond acceptors (Lipinski definition) is 1. The van der Waals surface area contributed by atoms with Crippen molar-refractivity contribution in [3.05, 3.63) is 34.1 Å². The Hall–Kier alpha value is -0.610. The lowest BCUT2D eigenvalue weighted by Gasteiger charge is -2.15. The van der Waals surface area contributed by atoms with Crippen LogP contribution in [0.15, 0.2) is 22.7 Å². The van der Waals surface area contributed by atoms with Crippen LogP contribution in [0.4, 0.5) is 4.39 Å². The van der Waals surface area contributed by atoms with E-state index >= 15 is 0 Å². The number of nitrogens with one attached hydrogen (secondary N) is 1. The molecule has 1 aromatic rings. The summed E-state index contributed by atoms with van der Waals surface area (Å²) in [4.78, 5) is 11.9. The quantitative estimate of drug-likeness (QED) is 0.727. The van der Waals surface area contributed by atoms with Crippen molar-refractivity contribution in [2.24, 2.45) is 5.92 Å². The van der Waals surface area contributed by atoms with Crippen LogP contribution in [0.5, 0.6) is 0 Å². The molecule has 1 aromatic carbocycles.